The van der Waals surface area contributed by atoms with Gasteiger partial charge in [-0.3, -0.25) is 9.59 Å². The summed E-state index contributed by atoms with van der Waals surface area (Å²) in [6, 6.07) is 13.0. The summed E-state index contributed by atoms with van der Waals surface area (Å²) in [4.78, 5) is 32.0. The van der Waals surface area contributed by atoms with Crippen LogP contribution in [0.5, 0.6) is 5.75 Å². The Bertz CT molecular complexity index is 1140. The van der Waals surface area contributed by atoms with E-state index in [4.69, 9.17) is 21.3 Å². The van der Waals surface area contributed by atoms with Crippen LogP contribution in [-0.4, -0.2) is 41.1 Å². The van der Waals surface area contributed by atoms with Crippen molar-refractivity contribution in [2.75, 3.05) is 18.6 Å². The number of nitrogens with zero attached hydrogens (tertiary/aromatic N) is 3. The van der Waals surface area contributed by atoms with E-state index in [1.165, 1.54) is 0 Å². The minimum atomic E-state index is -0.157. The largest absolute Gasteiger partial charge is 0.495 e. The fourth-order valence-corrected chi connectivity index (χ4v) is 4.24. The van der Waals surface area contributed by atoms with Crippen molar-refractivity contribution in [1.82, 2.24) is 14.9 Å². The first-order valence-corrected chi connectivity index (χ1v) is 10.6. The smallest absolute Gasteiger partial charge is 0.240 e. The third-order valence-electron chi connectivity index (χ3n) is 5.36. The van der Waals surface area contributed by atoms with Crippen LogP contribution in [0.2, 0.25) is 5.02 Å². The quantitative estimate of drug-likeness (QED) is 0.633. The van der Waals surface area contributed by atoms with E-state index in [9.17, 15) is 9.59 Å². The van der Waals surface area contributed by atoms with Gasteiger partial charge in [-0.25, -0.2) is 4.98 Å². The third-order valence-corrected chi connectivity index (χ3v) is 5.59. The number of aromatic nitrogens is 2. The molecule has 7 nitrogen and oxygen atoms in total. The molecule has 31 heavy (non-hydrogen) atoms. The summed E-state index contributed by atoms with van der Waals surface area (Å²) in [5.74, 6) is 1.04. The molecule has 1 saturated heterocycles. The number of halogens is 1. The highest BCUT2D eigenvalue weighted by Gasteiger charge is 2.36. The predicted octanol–water partition coefficient (Wildman–Crippen LogP) is 3.74. The number of rotatable bonds is 6. The van der Waals surface area contributed by atoms with Gasteiger partial charge in [0.15, 0.2) is 0 Å². The van der Waals surface area contributed by atoms with E-state index in [1.54, 1.807) is 30.2 Å². The molecule has 1 aliphatic rings. The molecule has 162 valence electrons. The van der Waals surface area contributed by atoms with Crippen molar-refractivity contribution in [3.63, 3.8) is 0 Å². The van der Waals surface area contributed by atoms with Gasteiger partial charge in [-0.1, -0.05) is 23.7 Å². The fraction of sp³-hybridized carbons (Fsp3) is 0.348. The van der Waals surface area contributed by atoms with Crippen LogP contribution in [0.1, 0.15) is 32.0 Å². The summed E-state index contributed by atoms with van der Waals surface area (Å²) < 4.78 is 7.36. The van der Waals surface area contributed by atoms with Crippen molar-refractivity contribution in [3.8, 4) is 5.75 Å². The molecule has 1 aliphatic heterocycles. The molecule has 2 heterocycles. The number of carbonyl (C=O) groups is 2. The van der Waals surface area contributed by atoms with Gasteiger partial charge < -0.3 is 19.5 Å². The Morgan fingerprint density at radius 3 is 2.81 bits per heavy atom. The molecule has 0 aliphatic carbocycles. The van der Waals surface area contributed by atoms with Crippen molar-refractivity contribution in [1.29, 1.82) is 0 Å². The van der Waals surface area contributed by atoms with Crippen LogP contribution in [0.4, 0.5) is 5.69 Å². The van der Waals surface area contributed by atoms with Crippen LogP contribution in [0, 0.1) is 0 Å². The van der Waals surface area contributed by atoms with Gasteiger partial charge in [0, 0.05) is 29.9 Å². The van der Waals surface area contributed by atoms with E-state index >= 15 is 0 Å². The molecule has 0 radical (unpaired) electrons. The van der Waals surface area contributed by atoms with E-state index in [2.05, 4.69) is 5.32 Å². The summed E-state index contributed by atoms with van der Waals surface area (Å²) >= 11 is 6.18. The highest BCUT2D eigenvalue weighted by atomic mass is 35.5. The number of fused-ring (bicyclic) bond motifs is 1. The summed E-state index contributed by atoms with van der Waals surface area (Å²) in [6.45, 7) is 4.44. The molecule has 2 aromatic carbocycles. The zero-order valence-electron chi connectivity index (χ0n) is 17.8. The maximum atomic E-state index is 12.9. The first-order chi connectivity index (χ1) is 14.9. The first-order valence-electron chi connectivity index (χ1n) is 10.3. The molecular formula is C23H25ClN4O3. The number of carbonyl (C=O) groups excluding carboxylic acids is 2. The van der Waals surface area contributed by atoms with Crippen molar-refractivity contribution in [2.24, 2.45) is 0 Å². The normalized spacial score (nSPS) is 16.4. The molecule has 0 saturated carbocycles. The average Bonchev–Trinajstić information content (AvgIpc) is 3.28. The van der Waals surface area contributed by atoms with Crippen LogP contribution < -0.4 is 15.0 Å². The average molecular weight is 441 g/mol. The number of para-hydroxylation sites is 2. The number of hydrogen-bond acceptors (Lipinski definition) is 4. The number of anilines is 1. The number of imidazole rings is 1. The molecule has 1 N–H and O–H groups in total. The van der Waals surface area contributed by atoms with Crippen LogP contribution >= 0.6 is 11.6 Å². The van der Waals surface area contributed by atoms with Gasteiger partial charge in [-0.05, 0) is 44.2 Å². The maximum Gasteiger partial charge on any atom is 0.240 e. The van der Waals surface area contributed by atoms with Crippen LogP contribution in [0.15, 0.2) is 42.5 Å². The van der Waals surface area contributed by atoms with Crippen molar-refractivity contribution >= 4 is 40.1 Å². The summed E-state index contributed by atoms with van der Waals surface area (Å²) in [7, 11) is 1.57. The highest BCUT2D eigenvalue weighted by Crippen LogP contribution is 2.38. The maximum absolute atomic E-state index is 12.9. The van der Waals surface area contributed by atoms with Crippen LogP contribution in [-0.2, 0) is 16.1 Å². The lowest BCUT2D eigenvalue weighted by Gasteiger charge is -2.20. The van der Waals surface area contributed by atoms with E-state index in [0.29, 0.717) is 29.4 Å². The highest BCUT2D eigenvalue weighted by molar-refractivity contribution is 6.31. The summed E-state index contributed by atoms with van der Waals surface area (Å²) in [5, 5.41) is 3.46. The second kappa shape index (κ2) is 8.59. The summed E-state index contributed by atoms with van der Waals surface area (Å²) in [6.07, 6.45) is 0.296. The Morgan fingerprint density at radius 2 is 2.06 bits per heavy atom. The van der Waals surface area contributed by atoms with Gasteiger partial charge in [-0.2, -0.15) is 0 Å². The monoisotopic (exact) mass is 440 g/mol. The summed E-state index contributed by atoms with van der Waals surface area (Å²) in [5.41, 5.74) is 2.33. The molecule has 0 unspecified atom stereocenters. The number of ether oxygens (including phenoxy) is 1. The Hall–Kier alpha value is -3.06. The molecule has 0 bridgehead atoms. The molecule has 8 heteroatoms. The lowest BCUT2D eigenvalue weighted by molar-refractivity contribution is -0.122. The molecule has 3 aromatic rings. The molecule has 2 amide bonds. The minimum Gasteiger partial charge on any atom is -0.495 e. The van der Waals surface area contributed by atoms with Gasteiger partial charge in [0.2, 0.25) is 11.8 Å². The zero-order chi connectivity index (χ0) is 22.1. The molecule has 1 aromatic heterocycles. The van der Waals surface area contributed by atoms with Gasteiger partial charge in [0.25, 0.3) is 0 Å². The third kappa shape index (κ3) is 4.23. The molecule has 1 fully saturated rings. The topological polar surface area (TPSA) is 76.5 Å². The SMILES string of the molecule is COc1ccc(Cl)cc1N1C[C@@H](c2nc3ccccc3n2CC(=O)NC(C)C)CC1=O. The van der Waals surface area contributed by atoms with E-state index in [0.717, 1.165) is 16.9 Å². The lowest BCUT2D eigenvalue weighted by Crippen LogP contribution is -2.33. The molecule has 4 rings (SSSR count). The lowest BCUT2D eigenvalue weighted by atomic mass is 10.1. The molecular weight excluding hydrogens is 416 g/mol. The van der Waals surface area contributed by atoms with Gasteiger partial charge in [0.1, 0.15) is 18.1 Å². The number of methoxy groups -OCH3 is 1. The first kappa shape index (κ1) is 21.2. The predicted molar refractivity (Wildman–Crippen MR) is 121 cm³/mol. The van der Waals surface area contributed by atoms with E-state index in [1.807, 2.05) is 42.7 Å². The Labute approximate surface area is 186 Å². The van der Waals surface area contributed by atoms with Gasteiger partial charge in [-0.15, -0.1) is 0 Å². The molecule has 0 spiro atoms. The number of amides is 2. The minimum absolute atomic E-state index is 0.0317. The molecule has 1 atom stereocenters. The second-order valence-corrected chi connectivity index (χ2v) is 8.43. The van der Waals surface area contributed by atoms with Gasteiger partial charge >= 0.3 is 0 Å². The Morgan fingerprint density at radius 1 is 1.29 bits per heavy atom. The zero-order valence-corrected chi connectivity index (χ0v) is 18.5. The fourth-order valence-electron chi connectivity index (χ4n) is 4.07. The Balaban J connectivity index is 1.69. The standard InChI is InChI=1S/C23H25ClN4O3/c1-14(2)25-21(29)13-28-18-7-5-4-6-17(18)26-23(28)15-10-22(30)27(12-15)19-11-16(24)8-9-20(19)31-3/h4-9,11,14-15H,10,12-13H2,1-3H3,(H,25,29)/t15-/m0/s1. The van der Waals surface area contributed by atoms with Crippen LogP contribution in [0.25, 0.3) is 11.0 Å². The Kier molecular flexibility index (Phi) is 5.87. The number of hydrogen-bond donors (Lipinski definition) is 1. The number of benzene rings is 2. The van der Waals surface area contributed by atoms with Crippen molar-refractivity contribution in [2.45, 2.75) is 38.8 Å². The second-order valence-electron chi connectivity index (χ2n) is 7.99. The van der Waals surface area contributed by atoms with Crippen molar-refractivity contribution in [3.05, 3.63) is 53.3 Å². The number of nitrogens with one attached hydrogen (secondary N) is 1. The van der Waals surface area contributed by atoms with Crippen LogP contribution in [0.3, 0.4) is 0 Å². The van der Waals surface area contributed by atoms with E-state index in [-0.39, 0.29) is 30.3 Å². The van der Waals surface area contributed by atoms with Crippen molar-refractivity contribution < 1.29 is 14.3 Å². The van der Waals surface area contributed by atoms with Gasteiger partial charge in [0.05, 0.1) is 23.8 Å². The van der Waals surface area contributed by atoms with E-state index < -0.39 is 0 Å².